The summed E-state index contributed by atoms with van der Waals surface area (Å²) in [6, 6.07) is 0.255. The van der Waals surface area contributed by atoms with Gasteiger partial charge in [-0.15, -0.1) is 0 Å². The number of hydrogen-bond donors (Lipinski definition) is 6. The molecule has 3 heterocycles. The van der Waals surface area contributed by atoms with E-state index in [0.717, 1.165) is 25.7 Å². The summed E-state index contributed by atoms with van der Waals surface area (Å²) in [5, 5.41) is 37.4. The van der Waals surface area contributed by atoms with E-state index >= 15 is 0 Å². The Morgan fingerprint density at radius 3 is 2.69 bits per heavy atom. The third kappa shape index (κ3) is 4.66. The van der Waals surface area contributed by atoms with Gasteiger partial charge in [-0.25, -0.2) is 0 Å². The fourth-order valence-electron chi connectivity index (χ4n) is 3.83. The lowest BCUT2D eigenvalue weighted by molar-refractivity contribution is -0.457. The van der Waals surface area contributed by atoms with E-state index in [0.29, 0.717) is 11.4 Å². The number of fused-ring (bicyclic) bond motifs is 1. The molecule has 1 aliphatic carbocycles. The monoisotopic (exact) mass is 492 g/mol. The molecule has 1 aromatic heterocycles. The number of aromatic nitrogens is 2. The van der Waals surface area contributed by atoms with Gasteiger partial charge in [0, 0.05) is 6.04 Å². The molecule has 0 unspecified atom stereocenters. The van der Waals surface area contributed by atoms with Crippen LogP contribution in [0.3, 0.4) is 0 Å². The zero-order chi connectivity index (χ0) is 23.0. The van der Waals surface area contributed by atoms with Crippen LogP contribution < -0.4 is 5.32 Å². The summed E-state index contributed by atoms with van der Waals surface area (Å²) in [6.07, 6.45) is 1.57. The van der Waals surface area contributed by atoms with Gasteiger partial charge in [-0.3, -0.25) is 4.57 Å². The standard InChI is InChI=1S/C17H23ClN5O8P/c18-17-21-14(20-8-3-1-2-4-8)9-5-19-23(15(9)22-17)16-13(26)12(25)10(31-16)7-30-11(6-24)32(27,28)29/h5,8,10-13,24-26H,1-4,6-7H2,(H2-,20,21,22,27,28,29)/p+1/b23-16-/t10-,11+,12-,13-/m1/s1. The van der Waals surface area contributed by atoms with Crippen molar-refractivity contribution in [3.8, 4) is 0 Å². The van der Waals surface area contributed by atoms with Crippen molar-refractivity contribution in [2.75, 3.05) is 18.5 Å². The Morgan fingerprint density at radius 2 is 2.03 bits per heavy atom. The van der Waals surface area contributed by atoms with Crippen LogP contribution in [-0.4, -0.2) is 95.3 Å². The predicted molar refractivity (Wildman–Crippen MR) is 111 cm³/mol. The van der Waals surface area contributed by atoms with Crippen molar-refractivity contribution in [3.05, 3.63) is 10.8 Å². The van der Waals surface area contributed by atoms with Crippen molar-refractivity contribution in [3.63, 3.8) is 0 Å². The van der Waals surface area contributed by atoms with E-state index in [4.69, 9.17) is 36.0 Å². The molecule has 32 heavy (non-hydrogen) atoms. The summed E-state index contributed by atoms with van der Waals surface area (Å²) in [5.74, 6) is -1.18. The maximum Gasteiger partial charge on any atom is 0.367 e. The highest BCUT2D eigenvalue weighted by Gasteiger charge is 2.48. The first-order valence-electron chi connectivity index (χ1n) is 10.0. The first-order chi connectivity index (χ1) is 15.2. The van der Waals surface area contributed by atoms with Crippen LogP contribution in [0.4, 0.5) is 11.6 Å². The molecule has 1 saturated heterocycles. The highest BCUT2D eigenvalue weighted by Crippen LogP contribution is 2.41. The molecule has 1 aromatic rings. The van der Waals surface area contributed by atoms with Crippen LogP contribution in [0.1, 0.15) is 31.2 Å². The van der Waals surface area contributed by atoms with Gasteiger partial charge in [-0.1, -0.05) is 22.6 Å². The van der Waals surface area contributed by atoms with Crippen LogP contribution >= 0.6 is 19.2 Å². The Morgan fingerprint density at radius 1 is 1.31 bits per heavy atom. The summed E-state index contributed by atoms with van der Waals surface area (Å²) >= 11 is 6.10. The van der Waals surface area contributed by atoms with E-state index in [1.54, 1.807) is 0 Å². The molecule has 4 atom stereocenters. The summed E-state index contributed by atoms with van der Waals surface area (Å²) in [6.45, 7) is -1.43. The topological polar surface area (TPSA) is 190 Å². The van der Waals surface area contributed by atoms with Crippen LogP contribution in [0.25, 0.3) is 0 Å². The average Bonchev–Trinajstić information content (AvgIpc) is 3.44. The predicted octanol–water partition coefficient (Wildman–Crippen LogP) is -0.492. The third-order valence-electron chi connectivity index (χ3n) is 5.52. The Kier molecular flexibility index (Phi) is 6.80. The van der Waals surface area contributed by atoms with Crippen LogP contribution in [0.5, 0.6) is 0 Å². The summed E-state index contributed by atoms with van der Waals surface area (Å²) in [5.41, 5.74) is 0.542. The smallest absolute Gasteiger partial charge is 0.367 e. The van der Waals surface area contributed by atoms with Crippen molar-refractivity contribution in [1.29, 1.82) is 0 Å². The lowest BCUT2D eigenvalue weighted by Crippen LogP contribution is -2.35. The van der Waals surface area contributed by atoms with Gasteiger partial charge >= 0.3 is 24.6 Å². The Labute approximate surface area is 187 Å². The summed E-state index contributed by atoms with van der Waals surface area (Å²) < 4.78 is 23.1. The first-order valence-corrected chi connectivity index (χ1v) is 12.1. The molecule has 176 valence electrons. The number of rotatable bonds is 7. The Balaban J connectivity index is 1.57. The highest BCUT2D eigenvalue weighted by atomic mass is 35.5. The van der Waals surface area contributed by atoms with E-state index in [1.807, 2.05) is 0 Å². The van der Waals surface area contributed by atoms with Crippen LogP contribution in [0.15, 0.2) is 5.10 Å². The third-order valence-corrected chi connectivity index (χ3v) is 6.75. The number of nitrogens with zero attached hydrogens (tertiary/aromatic N) is 4. The lowest BCUT2D eigenvalue weighted by Gasteiger charge is -2.20. The number of anilines is 1. The van der Waals surface area contributed by atoms with Crippen molar-refractivity contribution in [2.45, 2.75) is 55.9 Å². The summed E-state index contributed by atoms with van der Waals surface area (Å²) in [7, 11) is -4.72. The molecule has 15 heteroatoms. The van der Waals surface area contributed by atoms with E-state index < -0.39 is 45.0 Å². The number of nitrogens with one attached hydrogen (secondary N) is 1. The zero-order valence-corrected chi connectivity index (χ0v) is 18.4. The maximum atomic E-state index is 11.3. The van der Waals surface area contributed by atoms with Crippen molar-refractivity contribution < 1.29 is 43.8 Å². The van der Waals surface area contributed by atoms with Crippen molar-refractivity contribution >= 4 is 42.9 Å². The largest absolute Gasteiger partial charge is 0.453 e. The molecule has 1 saturated carbocycles. The van der Waals surface area contributed by atoms with Gasteiger partial charge in [-0.2, -0.15) is 4.98 Å². The normalized spacial score (nSPS) is 28.8. The van der Waals surface area contributed by atoms with Gasteiger partial charge in [0.25, 0.3) is 0 Å². The number of hydrogen-bond acceptors (Lipinski definition) is 10. The first kappa shape index (κ1) is 23.5. The molecule has 3 aliphatic rings. The SMILES string of the molecule is O=P(O)(O)[C@@H](CO)OC[C@H]1O/C(=[N+]2\N=Cc3c(NC4CCCC4)nc(Cl)nc32)[C@H](O)[C@@H]1O. The molecule has 6 N–H and O–H groups in total. The van der Waals surface area contributed by atoms with Crippen LogP contribution in [0, 0.1) is 0 Å². The minimum absolute atomic E-state index is 0.0410. The molecule has 2 fully saturated rings. The molecule has 0 bridgehead atoms. The molecule has 0 radical (unpaired) electrons. The fourth-order valence-corrected chi connectivity index (χ4v) is 4.49. The average molecular weight is 493 g/mol. The van der Waals surface area contributed by atoms with E-state index in [1.165, 1.54) is 10.9 Å². The molecule has 0 spiro atoms. The van der Waals surface area contributed by atoms with Gasteiger partial charge in [0.2, 0.25) is 0 Å². The molecule has 4 rings (SSSR count). The van der Waals surface area contributed by atoms with E-state index in [9.17, 15) is 14.8 Å². The van der Waals surface area contributed by atoms with Gasteiger partial charge in [0.1, 0.15) is 17.5 Å². The van der Waals surface area contributed by atoms with E-state index in [-0.39, 0.29) is 23.0 Å². The minimum atomic E-state index is -4.72. The van der Waals surface area contributed by atoms with Gasteiger partial charge in [0.15, 0.2) is 18.1 Å². The van der Waals surface area contributed by atoms with Crippen LogP contribution in [0.2, 0.25) is 5.28 Å². The number of aliphatic hydroxyl groups is 3. The molecular weight excluding hydrogens is 469 g/mol. The lowest BCUT2D eigenvalue weighted by atomic mass is 10.1. The molecular formula is C17H24ClN5O8P+. The van der Waals surface area contributed by atoms with Crippen molar-refractivity contribution in [2.24, 2.45) is 5.10 Å². The van der Waals surface area contributed by atoms with Gasteiger partial charge in [-0.05, 0) is 29.4 Å². The molecule has 0 aromatic carbocycles. The number of halogens is 1. The number of ether oxygens (including phenoxy) is 2. The molecule has 13 nitrogen and oxygen atoms in total. The number of hydrazone groups is 1. The second-order valence-corrected chi connectivity index (χ2v) is 9.84. The second-order valence-electron chi connectivity index (χ2n) is 7.75. The van der Waals surface area contributed by atoms with Gasteiger partial charge < -0.3 is 39.9 Å². The summed E-state index contributed by atoms with van der Waals surface area (Å²) in [4.78, 5) is 26.7. The Hall–Kier alpha value is -1.70. The zero-order valence-electron chi connectivity index (χ0n) is 16.8. The van der Waals surface area contributed by atoms with Gasteiger partial charge in [0.05, 0.1) is 19.4 Å². The Bertz CT molecular complexity index is 982. The van der Waals surface area contributed by atoms with Crippen molar-refractivity contribution in [1.82, 2.24) is 9.97 Å². The number of aliphatic hydroxyl groups excluding tert-OH is 3. The maximum absolute atomic E-state index is 11.3. The molecule has 0 amide bonds. The van der Waals surface area contributed by atoms with Crippen LogP contribution in [-0.2, 0) is 14.0 Å². The quantitative estimate of drug-likeness (QED) is 0.163. The fraction of sp³-hybridized carbons (Fsp3) is 0.647. The van der Waals surface area contributed by atoms with E-state index in [2.05, 4.69) is 20.4 Å². The highest BCUT2D eigenvalue weighted by molar-refractivity contribution is 7.52. The minimum Gasteiger partial charge on any atom is -0.453 e. The second kappa shape index (κ2) is 9.27. The molecule has 2 aliphatic heterocycles.